The summed E-state index contributed by atoms with van der Waals surface area (Å²) in [4.78, 5) is 23.3. The number of halogens is 1. The quantitative estimate of drug-likeness (QED) is 0.837. The molecule has 0 radical (unpaired) electrons. The molecule has 0 atom stereocenters. The van der Waals surface area contributed by atoms with E-state index in [0.717, 1.165) is 16.9 Å². The van der Waals surface area contributed by atoms with Crippen LogP contribution in [0.15, 0.2) is 18.2 Å². The lowest BCUT2D eigenvalue weighted by molar-refractivity contribution is -0.123. The molecule has 1 aromatic carbocycles. The molecule has 0 bridgehead atoms. The van der Waals surface area contributed by atoms with Crippen molar-refractivity contribution >= 4 is 34.8 Å². The van der Waals surface area contributed by atoms with Gasteiger partial charge in [-0.05, 0) is 44.0 Å². The number of anilines is 2. The van der Waals surface area contributed by atoms with Gasteiger partial charge in [0, 0.05) is 23.7 Å². The van der Waals surface area contributed by atoms with Crippen LogP contribution in [0.3, 0.4) is 0 Å². The molecule has 0 spiro atoms. The maximum atomic E-state index is 12.0. The number of amides is 2. The molecule has 1 aromatic rings. The molecule has 0 aromatic heterocycles. The van der Waals surface area contributed by atoms with E-state index in [1.165, 1.54) is 0 Å². The van der Waals surface area contributed by atoms with Gasteiger partial charge in [0.2, 0.25) is 11.8 Å². The van der Waals surface area contributed by atoms with E-state index in [1.54, 1.807) is 19.9 Å². The lowest BCUT2D eigenvalue weighted by Gasteiger charge is -2.22. The second kappa shape index (κ2) is 5.21. The predicted molar refractivity (Wildman–Crippen MR) is 76.5 cm³/mol. The number of rotatable bonds is 3. The minimum atomic E-state index is -0.605. The maximum Gasteiger partial charge on any atom is 0.231 e. The molecular weight excluding hydrogens is 264 g/mol. The molecule has 0 saturated heterocycles. The minimum Gasteiger partial charge on any atom is -0.326 e. The van der Waals surface area contributed by atoms with Crippen molar-refractivity contribution in [3.05, 3.63) is 23.8 Å². The number of alkyl halides is 1. The molecule has 4 nitrogen and oxygen atoms in total. The van der Waals surface area contributed by atoms with E-state index in [4.69, 9.17) is 11.6 Å². The zero-order chi connectivity index (χ0) is 14.0. The topological polar surface area (TPSA) is 58.2 Å². The third-order valence-corrected chi connectivity index (χ3v) is 3.88. The van der Waals surface area contributed by atoms with Crippen LogP contribution in [0, 0.1) is 5.41 Å². The molecule has 0 fully saturated rings. The summed E-state index contributed by atoms with van der Waals surface area (Å²) in [6.45, 7) is 3.60. The van der Waals surface area contributed by atoms with Crippen molar-refractivity contribution < 1.29 is 9.59 Å². The number of aryl methyl sites for hydroxylation is 1. The predicted octanol–water partition coefficient (Wildman–Crippen LogP) is 2.77. The lowest BCUT2D eigenvalue weighted by atomic mass is 9.95. The number of nitrogens with one attached hydrogen (secondary N) is 2. The molecule has 1 aliphatic heterocycles. The SMILES string of the molecule is CC(C)(CCl)C(=O)Nc1ccc2c(c1)CCC(=O)N2. The van der Waals surface area contributed by atoms with Crippen LogP contribution < -0.4 is 10.6 Å². The minimum absolute atomic E-state index is 0.0348. The second-order valence-electron chi connectivity index (χ2n) is 5.39. The monoisotopic (exact) mass is 280 g/mol. The van der Waals surface area contributed by atoms with Crippen molar-refractivity contribution in [3.63, 3.8) is 0 Å². The highest BCUT2D eigenvalue weighted by Crippen LogP contribution is 2.27. The summed E-state index contributed by atoms with van der Waals surface area (Å²) in [6, 6.07) is 5.50. The fourth-order valence-electron chi connectivity index (χ4n) is 1.82. The van der Waals surface area contributed by atoms with Gasteiger partial charge in [-0.3, -0.25) is 9.59 Å². The van der Waals surface area contributed by atoms with Gasteiger partial charge in [-0.2, -0.15) is 0 Å². The summed E-state index contributed by atoms with van der Waals surface area (Å²) in [5, 5.41) is 5.67. The van der Waals surface area contributed by atoms with E-state index in [-0.39, 0.29) is 17.7 Å². The highest BCUT2D eigenvalue weighted by atomic mass is 35.5. The van der Waals surface area contributed by atoms with Crippen LogP contribution in [0.1, 0.15) is 25.8 Å². The molecule has 2 rings (SSSR count). The van der Waals surface area contributed by atoms with Gasteiger partial charge in [0.1, 0.15) is 0 Å². The number of hydrogen-bond donors (Lipinski definition) is 2. The summed E-state index contributed by atoms with van der Waals surface area (Å²) in [7, 11) is 0. The van der Waals surface area contributed by atoms with Crippen LogP contribution in [-0.4, -0.2) is 17.7 Å². The van der Waals surface area contributed by atoms with Crippen LogP contribution >= 0.6 is 11.6 Å². The molecule has 0 saturated carbocycles. The average Bonchev–Trinajstić information content (AvgIpc) is 2.38. The summed E-state index contributed by atoms with van der Waals surface area (Å²) >= 11 is 5.78. The first-order valence-electron chi connectivity index (χ1n) is 6.22. The summed E-state index contributed by atoms with van der Waals surface area (Å²) in [5.74, 6) is 0.190. The van der Waals surface area contributed by atoms with Crippen LogP contribution in [0.5, 0.6) is 0 Å². The molecule has 1 aliphatic rings. The third-order valence-electron chi connectivity index (χ3n) is 3.21. The second-order valence-corrected chi connectivity index (χ2v) is 5.66. The molecule has 0 aliphatic carbocycles. The van der Waals surface area contributed by atoms with E-state index in [2.05, 4.69) is 10.6 Å². The normalized spacial score (nSPS) is 14.6. The number of fused-ring (bicyclic) bond motifs is 1. The first-order valence-corrected chi connectivity index (χ1v) is 6.76. The zero-order valence-electron chi connectivity index (χ0n) is 11.0. The van der Waals surface area contributed by atoms with E-state index < -0.39 is 5.41 Å². The van der Waals surface area contributed by atoms with Crippen LogP contribution in [0.4, 0.5) is 11.4 Å². The van der Waals surface area contributed by atoms with Crippen LogP contribution in [0.2, 0.25) is 0 Å². The summed E-state index contributed by atoms with van der Waals surface area (Å²) in [6.07, 6.45) is 1.18. The standard InChI is InChI=1S/C14H17ClN2O2/c1-14(2,8-15)13(19)16-10-4-5-11-9(7-10)3-6-12(18)17-11/h4-5,7H,3,6,8H2,1-2H3,(H,16,19)(H,17,18). The summed E-state index contributed by atoms with van der Waals surface area (Å²) in [5.41, 5.74) is 2.00. The Balaban J connectivity index is 2.15. The Morgan fingerprint density at radius 2 is 2.16 bits per heavy atom. The first kappa shape index (κ1) is 13.9. The van der Waals surface area contributed by atoms with Gasteiger partial charge in [0.15, 0.2) is 0 Å². The summed E-state index contributed by atoms with van der Waals surface area (Å²) < 4.78 is 0. The van der Waals surface area contributed by atoms with Gasteiger partial charge >= 0.3 is 0 Å². The Kier molecular flexibility index (Phi) is 3.80. The van der Waals surface area contributed by atoms with Crippen LogP contribution in [-0.2, 0) is 16.0 Å². The lowest BCUT2D eigenvalue weighted by Crippen LogP contribution is -2.32. The van der Waals surface area contributed by atoms with E-state index >= 15 is 0 Å². The molecule has 102 valence electrons. The van der Waals surface area contributed by atoms with Gasteiger partial charge < -0.3 is 10.6 Å². The van der Waals surface area contributed by atoms with Crippen LogP contribution in [0.25, 0.3) is 0 Å². The van der Waals surface area contributed by atoms with E-state index in [0.29, 0.717) is 12.8 Å². The molecule has 1 heterocycles. The molecule has 19 heavy (non-hydrogen) atoms. The smallest absolute Gasteiger partial charge is 0.231 e. The van der Waals surface area contributed by atoms with Gasteiger partial charge in [-0.15, -0.1) is 11.6 Å². The molecule has 2 N–H and O–H groups in total. The first-order chi connectivity index (χ1) is 8.92. The van der Waals surface area contributed by atoms with E-state index in [9.17, 15) is 9.59 Å². The average molecular weight is 281 g/mol. The largest absolute Gasteiger partial charge is 0.326 e. The van der Waals surface area contributed by atoms with Crippen molar-refractivity contribution in [3.8, 4) is 0 Å². The van der Waals surface area contributed by atoms with Gasteiger partial charge in [-0.1, -0.05) is 0 Å². The van der Waals surface area contributed by atoms with Gasteiger partial charge in [-0.25, -0.2) is 0 Å². The Morgan fingerprint density at radius 3 is 2.84 bits per heavy atom. The van der Waals surface area contributed by atoms with Crippen molar-refractivity contribution in [1.29, 1.82) is 0 Å². The Hall–Kier alpha value is -1.55. The fraction of sp³-hybridized carbons (Fsp3) is 0.429. The Morgan fingerprint density at radius 1 is 1.42 bits per heavy atom. The molecule has 0 unspecified atom stereocenters. The Labute approximate surface area is 117 Å². The highest BCUT2D eigenvalue weighted by molar-refractivity contribution is 6.20. The van der Waals surface area contributed by atoms with Crippen molar-refractivity contribution in [1.82, 2.24) is 0 Å². The number of carbonyl (C=O) groups is 2. The van der Waals surface area contributed by atoms with E-state index in [1.807, 2.05) is 12.1 Å². The van der Waals surface area contributed by atoms with Crippen molar-refractivity contribution in [2.45, 2.75) is 26.7 Å². The van der Waals surface area contributed by atoms with Crippen molar-refractivity contribution in [2.75, 3.05) is 16.5 Å². The van der Waals surface area contributed by atoms with Gasteiger partial charge in [0.25, 0.3) is 0 Å². The maximum absolute atomic E-state index is 12.0. The number of carbonyl (C=O) groups excluding carboxylic acids is 2. The molecular formula is C14H17ClN2O2. The number of benzene rings is 1. The van der Waals surface area contributed by atoms with Gasteiger partial charge in [0.05, 0.1) is 5.41 Å². The molecule has 2 amide bonds. The molecule has 5 heteroatoms. The fourth-order valence-corrected chi connectivity index (χ4v) is 1.94. The highest BCUT2D eigenvalue weighted by Gasteiger charge is 2.26. The van der Waals surface area contributed by atoms with Crippen molar-refractivity contribution in [2.24, 2.45) is 5.41 Å². The third kappa shape index (κ3) is 3.07. The zero-order valence-corrected chi connectivity index (χ0v) is 11.8. The Bertz CT molecular complexity index is 526. The number of hydrogen-bond acceptors (Lipinski definition) is 2.